The van der Waals surface area contributed by atoms with Crippen molar-refractivity contribution >= 4 is 23.4 Å². The lowest BCUT2D eigenvalue weighted by atomic mass is 9.94. The number of benzene rings is 2. The first kappa shape index (κ1) is 24.3. The summed E-state index contributed by atoms with van der Waals surface area (Å²) in [5, 5.41) is 9.57. The maximum atomic E-state index is 13.7. The van der Waals surface area contributed by atoms with E-state index in [1.54, 1.807) is 76.4 Å². The van der Waals surface area contributed by atoms with Crippen LogP contribution in [-0.4, -0.2) is 36.0 Å². The van der Waals surface area contributed by atoms with E-state index in [2.05, 4.69) is 4.99 Å². The van der Waals surface area contributed by atoms with Gasteiger partial charge in [0.15, 0.2) is 4.80 Å². The van der Waals surface area contributed by atoms with Crippen molar-refractivity contribution in [3.8, 4) is 17.2 Å². The van der Waals surface area contributed by atoms with Crippen LogP contribution in [0, 0.1) is 0 Å². The van der Waals surface area contributed by atoms with Crippen LogP contribution in [0.1, 0.15) is 37.9 Å². The van der Waals surface area contributed by atoms with E-state index in [0.717, 1.165) is 5.56 Å². The number of rotatable bonds is 6. The SMILES string of the molecule is COc1ccc(OC)c([C@@H]2C(C(=O)OC(C)C)=C(C)N=c3s/c(=C/c4ccc(O)cc4)c(=O)n32)c1. The van der Waals surface area contributed by atoms with E-state index in [4.69, 9.17) is 14.2 Å². The van der Waals surface area contributed by atoms with Crippen molar-refractivity contribution in [2.45, 2.75) is 32.9 Å². The molecule has 1 N–H and O–H groups in total. The van der Waals surface area contributed by atoms with Crippen LogP contribution >= 0.6 is 11.3 Å². The maximum Gasteiger partial charge on any atom is 0.338 e. The molecule has 1 aliphatic heterocycles. The Kier molecular flexibility index (Phi) is 6.79. The molecule has 0 saturated heterocycles. The molecule has 4 rings (SSSR count). The number of fused-ring (bicyclic) bond motifs is 1. The summed E-state index contributed by atoms with van der Waals surface area (Å²) in [5.41, 5.74) is 1.74. The number of carbonyl (C=O) groups is 1. The van der Waals surface area contributed by atoms with Crippen molar-refractivity contribution in [2.75, 3.05) is 14.2 Å². The van der Waals surface area contributed by atoms with Gasteiger partial charge < -0.3 is 19.3 Å². The van der Waals surface area contributed by atoms with Gasteiger partial charge in [-0.05, 0) is 62.7 Å². The molecular formula is C26H26N2O6S. The quantitative estimate of drug-likeness (QED) is 0.529. The molecule has 1 atom stereocenters. The van der Waals surface area contributed by atoms with Gasteiger partial charge in [0.2, 0.25) is 0 Å². The van der Waals surface area contributed by atoms with Crippen LogP contribution in [0.3, 0.4) is 0 Å². The van der Waals surface area contributed by atoms with Crippen LogP contribution in [-0.2, 0) is 9.53 Å². The molecule has 1 aliphatic rings. The van der Waals surface area contributed by atoms with Gasteiger partial charge >= 0.3 is 5.97 Å². The number of aromatic hydroxyl groups is 1. The van der Waals surface area contributed by atoms with E-state index < -0.39 is 12.0 Å². The van der Waals surface area contributed by atoms with Crippen molar-refractivity contribution in [1.29, 1.82) is 0 Å². The second-order valence-corrected chi connectivity index (χ2v) is 9.24. The number of aromatic nitrogens is 1. The second-order valence-electron chi connectivity index (χ2n) is 8.24. The molecule has 0 aliphatic carbocycles. The number of nitrogens with zero attached hydrogens (tertiary/aromatic N) is 2. The van der Waals surface area contributed by atoms with Gasteiger partial charge in [-0.3, -0.25) is 9.36 Å². The molecule has 0 spiro atoms. The molecule has 0 amide bonds. The molecule has 2 aromatic carbocycles. The zero-order valence-electron chi connectivity index (χ0n) is 20.1. The minimum Gasteiger partial charge on any atom is -0.508 e. The number of carbonyl (C=O) groups excluding carboxylic acids is 1. The standard InChI is InChI=1S/C26H26N2O6S/c1-14(2)34-25(31)22-15(3)27-26-28(23(22)19-13-18(32-4)10-11-20(19)33-5)24(30)21(35-26)12-16-6-8-17(29)9-7-16/h6-14,23,29H,1-5H3/b21-12+/t23-/m1/s1. The van der Waals surface area contributed by atoms with Gasteiger partial charge in [-0.2, -0.15) is 0 Å². The Balaban J connectivity index is 2.00. The van der Waals surface area contributed by atoms with E-state index in [-0.39, 0.29) is 23.0 Å². The van der Waals surface area contributed by atoms with Gasteiger partial charge in [-0.15, -0.1) is 0 Å². The van der Waals surface area contributed by atoms with Crippen molar-refractivity contribution in [2.24, 2.45) is 4.99 Å². The lowest BCUT2D eigenvalue weighted by molar-refractivity contribution is -0.143. The largest absolute Gasteiger partial charge is 0.508 e. The van der Waals surface area contributed by atoms with Crippen LogP contribution in [0.25, 0.3) is 6.08 Å². The van der Waals surface area contributed by atoms with E-state index in [9.17, 15) is 14.7 Å². The predicted molar refractivity (Wildman–Crippen MR) is 133 cm³/mol. The molecule has 1 aromatic heterocycles. The van der Waals surface area contributed by atoms with Crippen molar-refractivity contribution in [1.82, 2.24) is 4.57 Å². The van der Waals surface area contributed by atoms with Gasteiger partial charge in [0.1, 0.15) is 23.3 Å². The van der Waals surface area contributed by atoms with E-state index >= 15 is 0 Å². The van der Waals surface area contributed by atoms with Gasteiger partial charge in [-0.25, -0.2) is 9.79 Å². The lowest BCUT2D eigenvalue weighted by Crippen LogP contribution is -2.40. The smallest absolute Gasteiger partial charge is 0.338 e. The lowest BCUT2D eigenvalue weighted by Gasteiger charge is -2.26. The zero-order valence-corrected chi connectivity index (χ0v) is 20.9. The number of hydrogen-bond donors (Lipinski definition) is 1. The minimum absolute atomic E-state index is 0.137. The van der Waals surface area contributed by atoms with Gasteiger partial charge in [0.25, 0.3) is 5.56 Å². The molecular weight excluding hydrogens is 468 g/mol. The minimum atomic E-state index is -0.829. The molecule has 0 fully saturated rings. The van der Waals surface area contributed by atoms with E-state index in [0.29, 0.717) is 32.1 Å². The fraction of sp³-hybridized carbons (Fsp3) is 0.269. The third-order valence-electron chi connectivity index (χ3n) is 5.51. The van der Waals surface area contributed by atoms with Crippen LogP contribution in [0.15, 0.2) is 63.5 Å². The summed E-state index contributed by atoms with van der Waals surface area (Å²) in [6, 6.07) is 10.9. The zero-order chi connectivity index (χ0) is 25.3. The Morgan fingerprint density at radius 3 is 2.49 bits per heavy atom. The third-order valence-corrected chi connectivity index (χ3v) is 6.49. The average molecular weight is 495 g/mol. The summed E-state index contributed by atoms with van der Waals surface area (Å²) in [6.07, 6.45) is 1.38. The fourth-order valence-electron chi connectivity index (χ4n) is 3.93. The summed E-state index contributed by atoms with van der Waals surface area (Å²) < 4.78 is 18.5. The summed E-state index contributed by atoms with van der Waals surface area (Å²) in [4.78, 5) is 32.0. The predicted octanol–water partition coefficient (Wildman–Crippen LogP) is 2.91. The second kappa shape index (κ2) is 9.79. The van der Waals surface area contributed by atoms with E-state index in [1.165, 1.54) is 23.0 Å². The monoisotopic (exact) mass is 494 g/mol. The number of ether oxygens (including phenoxy) is 3. The van der Waals surface area contributed by atoms with Crippen molar-refractivity contribution in [3.63, 3.8) is 0 Å². The first-order valence-corrected chi connectivity index (χ1v) is 11.8. The first-order valence-electron chi connectivity index (χ1n) is 11.0. The highest BCUT2D eigenvalue weighted by Gasteiger charge is 2.35. The third kappa shape index (κ3) is 4.72. The molecule has 0 saturated carbocycles. The number of allylic oxidation sites excluding steroid dienone is 1. The summed E-state index contributed by atoms with van der Waals surface area (Å²) in [5.74, 6) is 0.633. The summed E-state index contributed by atoms with van der Waals surface area (Å²) >= 11 is 1.22. The molecule has 0 bridgehead atoms. The number of thiazole rings is 1. The Morgan fingerprint density at radius 1 is 1.14 bits per heavy atom. The summed E-state index contributed by atoms with van der Waals surface area (Å²) in [6.45, 7) is 5.26. The van der Waals surface area contributed by atoms with Crippen LogP contribution < -0.4 is 24.4 Å². The van der Waals surface area contributed by atoms with Crippen LogP contribution in [0.2, 0.25) is 0 Å². The molecule has 0 unspecified atom stereocenters. The average Bonchev–Trinajstić information content (AvgIpc) is 3.13. The molecule has 3 aromatic rings. The topological polar surface area (TPSA) is 99.4 Å². The first-order chi connectivity index (χ1) is 16.7. The normalized spacial score (nSPS) is 15.6. The van der Waals surface area contributed by atoms with Gasteiger partial charge in [0.05, 0.1) is 36.1 Å². The Labute approximate surface area is 206 Å². The molecule has 9 heteroatoms. The molecule has 8 nitrogen and oxygen atoms in total. The van der Waals surface area contributed by atoms with E-state index in [1.807, 2.05) is 0 Å². The molecule has 35 heavy (non-hydrogen) atoms. The van der Waals surface area contributed by atoms with Crippen molar-refractivity contribution in [3.05, 3.63) is 84.5 Å². The number of methoxy groups -OCH3 is 2. The molecule has 2 heterocycles. The van der Waals surface area contributed by atoms with Crippen molar-refractivity contribution < 1.29 is 24.1 Å². The van der Waals surface area contributed by atoms with Crippen LogP contribution in [0.5, 0.6) is 17.2 Å². The van der Waals surface area contributed by atoms with Gasteiger partial charge in [0, 0.05) is 5.56 Å². The molecule has 182 valence electrons. The highest BCUT2D eigenvalue weighted by molar-refractivity contribution is 7.07. The highest BCUT2D eigenvalue weighted by Crippen LogP contribution is 2.38. The Bertz CT molecular complexity index is 1480. The Hall–Kier alpha value is -3.85. The molecule has 0 radical (unpaired) electrons. The number of esters is 1. The number of phenols is 1. The highest BCUT2D eigenvalue weighted by atomic mass is 32.1. The summed E-state index contributed by atoms with van der Waals surface area (Å²) in [7, 11) is 3.08. The van der Waals surface area contributed by atoms with Gasteiger partial charge in [-0.1, -0.05) is 23.5 Å². The Morgan fingerprint density at radius 2 is 1.86 bits per heavy atom. The fourth-order valence-corrected chi connectivity index (χ4v) is 4.98. The van der Waals surface area contributed by atoms with Crippen LogP contribution in [0.4, 0.5) is 0 Å². The number of phenolic OH excluding ortho intramolecular Hbond substituents is 1. The maximum absolute atomic E-state index is 13.7. The number of hydrogen-bond acceptors (Lipinski definition) is 8.